The van der Waals surface area contributed by atoms with E-state index in [1.54, 1.807) is 4.90 Å². The minimum atomic E-state index is -0.388. The third kappa shape index (κ3) is 3.25. The largest absolute Gasteiger partial charge is 0.351 e. The van der Waals surface area contributed by atoms with E-state index in [-0.39, 0.29) is 12.1 Å². The third-order valence-electron chi connectivity index (χ3n) is 4.57. The number of nitrogens with two attached hydrogens (primary N) is 1. The van der Waals surface area contributed by atoms with Crippen molar-refractivity contribution in [3.8, 4) is 11.4 Å². The summed E-state index contributed by atoms with van der Waals surface area (Å²) in [5.74, 6) is 0.735. The van der Waals surface area contributed by atoms with E-state index in [2.05, 4.69) is 9.27 Å². The van der Waals surface area contributed by atoms with Crippen LogP contribution in [0, 0.1) is 0 Å². The number of hydrogen-bond acceptors (Lipinski definition) is 5. The Morgan fingerprint density at radius 2 is 1.73 bits per heavy atom. The number of anilines is 1. The van der Waals surface area contributed by atoms with Crippen LogP contribution in [0.3, 0.4) is 0 Å². The summed E-state index contributed by atoms with van der Waals surface area (Å²) in [6.45, 7) is 1.90. The number of rotatable bonds is 3. The number of piperazine rings is 1. The SMILES string of the molecule is NC(=O)N1CCN(c2nc(-c3ccccc3)ns2)CC1c1ccccc1. The van der Waals surface area contributed by atoms with E-state index < -0.39 is 0 Å². The van der Waals surface area contributed by atoms with Crippen LogP contribution in [0.15, 0.2) is 60.7 Å². The van der Waals surface area contributed by atoms with Gasteiger partial charge in [0.15, 0.2) is 5.82 Å². The van der Waals surface area contributed by atoms with Gasteiger partial charge in [0.1, 0.15) is 0 Å². The number of primary amides is 1. The molecule has 7 heteroatoms. The summed E-state index contributed by atoms with van der Waals surface area (Å²) < 4.78 is 4.50. The molecule has 0 saturated carbocycles. The average molecular weight is 365 g/mol. The van der Waals surface area contributed by atoms with Crippen molar-refractivity contribution in [2.75, 3.05) is 24.5 Å². The monoisotopic (exact) mass is 365 g/mol. The molecule has 6 nitrogen and oxygen atoms in total. The van der Waals surface area contributed by atoms with Crippen LogP contribution in [0.4, 0.5) is 9.93 Å². The van der Waals surface area contributed by atoms with Crippen molar-refractivity contribution in [2.45, 2.75) is 6.04 Å². The molecule has 1 saturated heterocycles. The highest BCUT2D eigenvalue weighted by Gasteiger charge is 2.31. The van der Waals surface area contributed by atoms with E-state index in [9.17, 15) is 4.79 Å². The molecule has 3 aromatic rings. The van der Waals surface area contributed by atoms with E-state index in [1.807, 2.05) is 60.7 Å². The molecule has 1 fully saturated rings. The van der Waals surface area contributed by atoms with Gasteiger partial charge in [0.25, 0.3) is 0 Å². The Kier molecular flexibility index (Phi) is 4.53. The number of aromatic nitrogens is 2. The Hall–Kier alpha value is -2.93. The molecule has 0 radical (unpaired) electrons. The first-order valence-electron chi connectivity index (χ1n) is 8.47. The Bertz CT molecular complexity index is 883. The summed E-state index contributed by atoms with van der Waals surface area (Å²) in [4.78, 5) is 20.5. The quantitative estimate of drug-likeness (QED) is 0.774. The molecule has 2 aromatic carbocycles. The van der Waals surface area contributed by atoms with Crippen LogP contribution >= 0.6 is 11.5 Å². The number of urea groups is 1. The van der Waals surface area contributed by atoms with Gasteiger partial charge in [0.2, 0.25) is 5.13 Å². The van der Waals surface area contributed by atoms with E-state index in [0.717, 1.165) is 22.1 Å². The molecule has 1 aromatic heterocycles. The molecule has 2 heterocycles. The van der Waals surface area contributed by atoms with Gasteiger partial charge in [0, 0.05) is 36.7 Å². The van der Waals surface area contributed by atoms with Gasteiger partial charge in [-0.05, 0) is 5.56 Å². The van der Waals surface area contributed by atoms with Gasteiger partial charge in [-0.2, -0.15) is 9.36 Å². The molecule has 0 aliphatic carbocycles. The minimum absolute atomic E-state index is 0.0912. The minimum Gasteiger partial charge on any atom is -0.351 e. The summed E-state index contributed by atoms with van der Waals surface area (Å²) in [5.41, 5.74) is 7.68. The molecule has 2 amide bonds. The highest BCUT2D eigenvalue weighted by molar-refractivity contribution is 7.09. The van der Waals surface area contributed by atoms with Gasteiger partial charge in [-0.1, -0.05) is 60.7 Å². The molecule has 0 spiro atoms. The highest BCUT2D eigenvalue weighted by Crippen LogP contribution is 2.30. The second-order valence-corrected chi connectivity index (χ2v) is 6.90. The standard InChI is InChI=1S/C19H19N5OS/c20-18(25)24-12-11-23(13-16(24)14-7-3-1-4-8-14)19-21-17(22-26-19)15-9-5-2-6-10-15/h1-10,16H,11-13H2,(H2,20,25). The van der Waals surface area contributed by atoms with Crippen LogP contribution in [0.1, 0.15) is 11.6 Å². The smallest absolute Gasteiger partial charge is 0.315 e. The van der Waals surface area contributed by atoms with Crippen LogP contribution < -0.4 is 10.6 Å². The van der Waals surface area contributed by atoms with Crippen molar-refractivity contribution in [3.63, 3.8) is 0 Å². The van der Waals surface area contributed by atoms with Gasteiger partial charge >= 0.3 is 6.03 Å². The molecule has 1 aliphatic rings. The van der Waals surface area contributed by atoms with Gasteiger partial charge in [-0.25, -0.2) is 4.79 Å². The van der Waals surface area contributed by atoms with Crippen molar-refractivity contribution < 1.29 is 4.79 Å². The van der Waals surface area contributed by atoms with Crippen molar-refractivity contribution in [1.82, 2.24) is 14.3 Å². The summed E-state index contributed by atoms with van der Waals surface area (Å²) in [6, 6.07) is 19.4. The summed E-state index contributed by atoms with van der Waals surface area (Å²) in [5, 5.41) is 0.869. The van der Waals surface area contributed by atoms with Gasteiger partial charge in [0.05, 0.1) is 6.04 Å². The highest BCUT2D eigenvalue weighted by atomic mass is 32.1. The molecular weight excluding hydrogens is 346 g/mol. The molecule has 4 rings (SSSR count). The lowest BCUT2D eigenvalue weighted by Crippen LogP contribution is -2.52. The summed E-state index contributed by atoms with van der Waals surface area (Å²) in [7, 11) is 0. The lowest BCUT2D eigenvalue weighted by molar-refractivity contribution is 0.175. The lowest BCUT2D eigenvalue weighted by Gasteiger charge is -2.40. The van der Waals surface area contributed by atoms with Gasteiger partial charge < -0.3 is 15.5 Å². The Balaban J connectivity index is 1.59. The predicted molar refractivity (Wildman–Crippen MR) is 103 cm³/mol. The fourth-order valence-electron chi connectivity index (χ4n) is 3.23. The normalized spacial score (nSPS) is 17.3. The Morgan fingerprint density at radius 3 is 2.42 bits per heavy atom. The second-order valence-electron chi connectivity index (χ2n) is 6.17. The fourth-order valence-corrected chi connectivity index (χ4v) is 3.95. The van der Waals surface area contributed by atoms with Gasteiger partial charge in [-0.3, -0.25) is 0 Å². The molecule has 1 aliphatic heterocycles. The van der Waals surface area contributed by atoms with Crippen LogP contribution in [-0.2, 0) is 0 Å². The zero-order chi connectivity index (χ0) is 17.9. The maximum Gasteiger partial charge on any atom is 0.315 e. The maximum absolute atomic E-state index is 11.9. The van der Waals surface area contributed by atoms with E-state index in [0.29, 0.717) is 19.6 Å². The summed E-state index contributed by atoms with van der Waals surface area (Å²) in [6.07, 6.45) is 0. The second kappa shape index (κ2) is 7.13. The molecule has 132 valence electrons. The van der Waals surface area contributed by atoms with Gasteiger partial charge in [-0.15, -0.1) is 0 Å². The average Bonchev–Trinajstić information content (AvgIpc) is 3.19. The first-order valence-corrected chi connectivity index (χ1v) is 9.25. The van der Waals surface area contributed by atoms with Crippen LogP contribution in [0.5, 0.6) is 0 Å². The van der Waals surface area contributed by atoms with E-state index in [1.165, 1.54) is 11.5 Å². The van der Waals surface area contributed by atoms with Crippen molar-refractivity contribution in [1.29, 1.82) is 0 Å². The number of amides is 2. The number of nitrogens with zero attached hydrogens (tertiary/aromatic N) is 4. The molecule has 0 bridgehead atoms. The summed E-state index contributed by atoms with van der Waals surface area (Å²) >= 11 is 1.39. The van der Waals surface area contributed by atoms with Crippen molar-refractivity contribution in [2.24, 2.45) is 5.73 Å². The number of hydrogen-bond donors (Lipinski definition) is 1. The third-order valence-corrected chi connectivity index (χ3v) is 5.34. The zero-order valence-electron chi connectivity index (χ0n) is 14.2. The maximum atomic E-state index is 11.9. The lowest BCUT2D eigenvalue weighted by atomic mass is 10.0. The first-order chi connectivity index (χ1) is 12.7. The van der Waals surface area contributed by atoms with Crippen molar-refractivity contribution in [3.05, 3.63) is 66.2 Å². The predicted octanol–water partition coefficient (Wildman–Crippen LogP) is 3.15. The molecular formula is C19H19N5OS. The van der Waals surface area contributed by atoms with Crippen molar-refractivity contribution >= 4 is 22.7 Å². The Labute approximate surface area is 156 Å². The molecule has 1 atom stereocenters. The first kappa shape index (κ1) is 16.5. The zero-order valence-corrected chi connectivity index (χ0v) is 15.0. The van der Waals surface area contributed by atoms with Crippen LogP contribution in [-0.4, -0.2) is 39.9 Å². The number of carbonyl (C=O) groups excluding carboxylic acids is 1. The van der Waals surface area contributed by atoms with Crippen LogP contribution in [0.2, 0.25) is 0 Å². The topological polar surface area (TPSA) is 75.4 Å². The molecule has 1 unspecified atom stereocenters. The number of carbonyl (C=O) groups is 1. The molecule has 26 heavy (non-hydrogen) atoms. The van der Waals surface area contributed by atoms with E-state index >= 15 is 0 Å². The van der Waals surface area contributed by atoms with E-state index in [4.69, 9.17) is 10.7 Å². The number of benzene rings is 2. The molecule has 2 N–H and O–H groups in total. The van der Waals surface area contributed by atoms with Crippen LogP contribution in [0.25, 0.3) is 11.4 Å². The fraction of sp³-hybridized carbons (Fsp3) is 0.211. The Morgan fingerprint density at radius 1 is 1.04 bits per heavy atom.